The van der Waals surface area contributed by atoms with Gasteiger partial charge in [0.05, 0.1) is 41.3 Å². The van der Waals surface area contributed by atoms with Crippen molar-refractivity contribution in [3.05, 3.63) is 64.0 Å². The van der Waals surface area contributed by atoms with E-state index in [1.807, 2.05) is 23.8 Å². The minimum Gasteiger partial charge on any atom is -0.378 e. The molecule has 0 aliphatic carbocycles. The van der Waals surface area contributed by atoms with Crippen LogP contribution in [0.5, 0.6) is 0 Å². The van der Waals surface area contributed by atoms with Crippen LogP contribution in [0, 0.1) is 5.82 Å². The summed E-state index contributed by atoms with van der Waals surface area (Å²) in [7, 11) is 1.96. The van der Waals surface area contributed by atoms with Crippen molar-refractivity contribution in [1.29, 1.82) is 0 Å². The zero-order chi connectivity index (χ0) is 29.3. The molecule has 14 heteroatoms. The number of pyridine rings is 1. The fourth-order valence-corrected chi connectivity index (χ4v) is 4.89. The Bertz CT molecular complexity index is 1490. The van der Waals surface area contributed by atoms with Crippen molar-refractivity contribution in [2.45, 2.75) is 19.1 Å². The van der Waals surface area contributed by atoms with Gasteiger partial charge in [-0.2, -0.15) is 13.2 Å². The Kier molecular flexibility index (Phi) is 7.95. The monoisotopic (exact) mass is 575 g/mol. The van der Waals surface area contributed by atoms with Gasteiger partial charge in [-0.25, -0.2) is 14.4 Å². The van der Waals surface area contributed by atoms with Gasteiger partial charge in [0, 0.05) is 63.3 Å². The summed E-state index contributed by atoms with van der Waals surface area (Å²) in [5.74, 6) is -1.13. The van der Waals surface area contributed by atoms with Crippen molar-refractivity contribution in [3.63, 3.8) is 0 Å². The molecule has 2 aliphatic rings. The van der Waals surface area contributed by atoms with Crippen LogP contribution in [-0.4, -0.2) is 84.8 Å². The molecule has 3 aromatic rings. The second-order valence-electron chi connectivity index (χ2n) is 10.0. The number of rotatable bonds is 5. The average Bonchev–Trinajstić information content (AvgIpc) is 2.95. The largest absolute Gasteiger partial charge is 0.417 e. The summed E-state index contributed by atoms with van der Waals surface area (Å²) >= 11 is 0. The number of benzene rings is 1. The Balaban J connectivity index is 1.56. The molecule has 218 valence electrons. The number of nitrogens with zero attached hydrogens (tertiary/aromatic N) is 5. The van der Waals surface area contributed by atoms with Crippen LogP contribution in [-0.2, 0) is 10.9 Å². The first-order chi connectivity index (χ1) is 19.5. The van der Waals surface area contributed by atoms with Crippen molar-refractivity contribution < 1.29 is 27.1 Å². The molecule has 4 heterocycles. The molecule has 0 spiro atoms. The highest BCUT2D eigenvalue weighted by Crippen LogP contribution is 2.36. The number of alkyl halides is 3. The SMILES string of the molecule is CC1CN(c2cc(F)c(-c3nccc(N4CCOCC4)n3)cc2NC(=O)c2c[nH]c(=O)cc2C(F)(F)F)CCN1C. The molecule has 2 fully saturated rings. The third-order valence-electron chi connectivity index (χ3n) is 7.33. The Hall–Kier alpha value is -4.04. The molecule has 0 radical (unpaired) electrons. The fraction of sp³-hybridized carbons (Fsp3) is 0.407. The quantitative estimate of drug-likeness (QED) is 0.447. The summed E-state index contributed by atoms with van der Waals surface area (Å²) < 4.78 is 62.1. The number of ether oxygens (including phenoxy) is 1. The van der Waals surface area contributed by atoms with E-state index in [0.29, 0.717) is 63.5 Å². The van der Waals surface area contributed by atoms with Crippen LogP contribution < -0.4 is 20.7 Å². The molecule has 10 nitrogen and oxygen atoms in total. The van der Waals surface area contributed by atoms with Crippen LogP contribution >= 0.6 is 0 Å². The highest BCUT2D eigenvalue weighted by Gasteiger charge is 2.36. The number of halogens is 4. The number of morpholine rings is 1. The smallest absolute Gasteiger partial charge is 0.378 e. The third-order valence-corrected chi connectivity index (χ3v) is 7.33. The minimum atomic E-state index is -4.95. The second-order valence-corrected chi connectivity index (χ2v) is 10.0. The summed E-state index contributed by atoms with van der Waals surface area (Å²) in [6.45, 7) is 5.88. The molecule has 2 saturated heterocycles. The Morgan fingerprint density at radius 3 is 2.59 bits per heavy atom. The van der Waals surface area contributed by atoms with Crippen LogP contribution in [0.1, 0.15) is 22.8 Å². The topological polar surface area (TPSA) is 107 Å². The molecule has 1 unspecified atom stereocenters. The number of likely N-dealkylation sites (N-methyl/N-ethyl adjacent to an activating group) is 1. The van der Waals surface area contributed by atoms with Gasteiger partial charge in [-0.1, -0.05) is 0 Å². The number of carbonyl (C=O) groups excluding carboxylic acids is 1. The highest BCUT2D eigenvalue weighted by molar-refractivity contribution is 6.07. The molecule has 1 atom stereocenters. The van der Waals surface area contributed by atoms with Gasteiger partial charge in [0.25, 0.3) is 5.91 Å². The van der Waals surface area contributed by atoms with Crippen molar-refractivity contribution in [2.75, 3.05) is 68.1 Å². The predicted molar refractivity (Wildman–Crippen MR) is 145 cm³/mol. The maximum Gasteiger partial charge on any atom is 0.417 e. The number of aromatic nitrogens is 3. The lowest BCUT2D eigenvalue weighted by atomic mass is 10.1. The van der Waals surface area contributed by atoms with Crippen LogP contribution in [0.25, 0.3) is 11.4 Å². The standard InChI is InChI=1S/C27H29F4N7O3/c1-16-15-38(6-5-36(16)2)22-13-20(28)17(25-32-4-3-23(35-25)37-7-9-41-10-8-37)11-21(22)34-26(40)18-14-33-24(39)12-19(18)27(29,30)31/h3-4,11-14,16H,5-10,15H2,1-2H3,(H,33,39)(H,34,40). The second kappa shape index (κ2) is 11.4. The van der Waals surface area contributed by atoms with E-state index in [0.717, 1.165) is 6.20 Å². The van der Waals surface area contributed by atoms with Crippen LogP contribution in [0.15, 0.2) is 41.5 Å². The Morgan fingerprint density at radius 1 is 1.12 bits per heavy atom. The lowest BCUT2D eigenvalue weighted by Crippen LogP contribution is -2.50. The van der Waals surface area contributed by atoms with Gasteiger partial charge in [0.1, 0.15) is 11.6 Å². The first-order valence-electron chi connectivity index (χ1n) is 13.1. The zero-order valence-corrected chi connectivity index (χ0v) is 22.5. The molecule has 2 aromatic heterocycles. The van der Waals surface area contributed by atoms with Crippen LogP contribution in [0.2, 0.25) is 0 Å². The zero-order valence-electron chi connectivity index (χ0n) is 22.5. The first kappa shape index (κ1) is 28.5. The number of carbonyl (C=O) groups is 1. The van der Waals surface area contributed by atoms with Crippen molar-refractivity contribution in [2.24, 2.45) is 0 Å². The summed E-state index contributed by atoms with van der Waals surface area (Å²) in [5, 5.41) is 2.53. The van der Waals surface area contributed by atoms with E-state index in [-0.39, 0.29) is 23.1 Å². The van der Waals surface area contributed by atoms with E-state index < -0.39 is 34.6 Å². The summed E-state index contributed by atoms with van der Waals surface area (Å²) in [6.07, 6.45) is -2.73. The van der Waals surface area contributed by atoms with Gasteiger partial charge < -0.3 is 29.7 Å². The van der Waals surface area contributed by atoms with Crippen LogP contribution in [0.4, 0.5) is 34.8 Å². The third kappa shape index (κ3) is 6.17. The number of aromatic amines is 1. The van der Waals surface area contributed by atoms with Gasteiger partial charge in [0.2, 0.25) is 5.56 Å². The van der Waals surface area contributed by atoms with Gasteiger partial charge in [-0.3, -0.25) is 9.59 Å². The van der Waals surface area contributed by atoms with Crippen molar-refractivity contribution in [3.8, 4) is 11.4 Å². The van der Waals surface area contributed by atoms with E-state index in [2.05, 4.69) is 25.2 Å². The first-order valence-corrected chi connectivity index (χ1v) is 13.1. The van der Waals surface area contributed by atoms with Gasteiger partial charge in [-0.15, -0.1) is 0 Å². The number of amides is 1. The Morgan fingerprint density at radius 2 is 1.88 bits per heavy atom. The Labute approximate surface area is 233 Å². The van der Waals surface area contributed by atoms with Crippen molar-refractivity contribution >= 4 is 23.1 Å². The summed E-state index contributed by atoms with van der Waals surface area (Å²) in [4.78, 5) is 41.7. The maximum atomic E-state index is 15.7. The molecule has 1 aromatic carbocycles. The number of hydrogen-bond acceptors (Lipinski definition) is 8. The lowest BCUT2D eigenvalue weighted by molar-refractivity contribution is -0.138. The predicted octanol–water partition coefficient (Wildman–Crippen LogP) is 3.22. The highest BCUT2D eigenvalue weighted by atomic mass is 19.4. The summed E-state index contributed by atoms with van der Waals surface area (Å²) in [5.41, 5.74) is -2.78. The molecule has 0 saturated carbocycles. The normalized spacial score (nSPS) is 18.4. The number of H-pyrrole nitrogens is 1. The van der Waals surface area contributed by atoms with E-state index in [1.165, 1.54) is 18.3 Å². The molecule has 1 amide bonds. The summed E-state index contributed by atoms with van der Waals surface area (Å²) in [6, 6.07) is 4.71. The number of nitrogens with one attached hydrogen (secondary N) is 2. The van der Waals surface area contributed by atoms with Crippen molar-refractivity contribution in [1.82, 2.24) is 19.9 Å². The van der Waals surface area contributed by atoms with Gasteiger partial charge >= 0.3 is 6.18 Å². The molecule has 0 bridgehead atoms. The number of piperazine rings is 1. The van der Waals surface area contributed by atoms with E-state index in [4.69, 9.17) is 4.74 Å². The number of anilines is 3. The number of hydrogen-bond donors (Lipinski definition) is 2. The fourth-order valence-electron chi connectivity index (χ4n) is 4.89. The molecule has 41 heavy (non-hydrogen) atoms. The van der Waals surface area contributed by atoms with E-state index in [9.17, 15) is 22.8 Å². The maximum absolute atomic E-state index is 15.7. The molecule has 2 aliphatic heterocycles. The molecule has 5 rings (SSSR count). The molecule has 2 N–H and O–H groups in total. The van der Waals surface area contributed by atoms with Gasteiger partial charge in [0.15, 0.2) is 5.82 Å². The molecular formula is C27H29F4N7O3. The lowest BCUT2D eigenvalue weighted by Gasteiger charge is -2.39. The van der Waals surface area contributed by atoms with E-state index >= 15 is 4.39 Å². The average molecular weight is 576 g/mol. The van der Waals surface area contributed by atoms with Crippen LogP contribution in [0.3, 0.4) is 0 Å². The van der Waals surface area contributed by atoms with Gasteiger partial charge in [-0.05, 0) is 26.1 Å². The molecular weight excluding hydrogens is 546 g/mol. The van der Waals surface area contributed by atoms with E-state index in [1.54, 1.807) is 6.07 Å². The minimum absolute atomic E-state index is 0.0288.